The summed E-state index contributed by atoms with van der Waals surface area (Å²) < 4.78 is 0. The molecule has 0 radical (unpaired) electrons. The topological polar surface area (TPSA) is 53.9 Å². The number of aromatic nitrogens is 3. The fraction of sp³-hybridized carbons (Fsp3) is 0.444. The van der Waals surface area contributed by atoms with Crippen molar-refractivity contribution in [3.63, 3.8) is 0 Å². The monoisotopic (exact) mass is 431 g/mol. The van der Waals surface area contributed by atoms with Crippen LogP contribution in [0.1, 0.15) is 44.0 Å². The van der Waals surface area contributed by atoms with Gasteiger partial charge in [-0.15, -0.1) is 0 Å². The van der Waals surface area contributed by atoms with E-state index >= 15 is 0 Å². The van der Waals surface area contributed by atoms with Crippen molar-refractivity contribution in [1.82, 2.24) is 20.3 Å². The van der Waals surface area contributed by atoms with E-state index < -0.39 is 0 Å². The number of aryl methyl sites for hydroxylation is 1. The summed E-state index contributed by atoms with van der Waals surface area (Å²) in [7, 11) is 3.99. The number of nitrogens with one attached hydrogen (secondary N) is 1. The molecule has 1 aliphatic rings. The standard InChI is InChI=1S/C16H24N2.C11H13N3/c1-14-4-6-16(7-5-14)13-18-10-2-3-15-8-11-17-12-9-15;1-8-12-10-7-5-4-6-9(10)11(13-8)14(2)3/h2-3,8-9,11-12,14,16,18H,4-7,10,13H2,1H3;4-7H,1-3H3/b3-2+;. The Morgan fingerprint density at radius 2 is 1.72 bits per heavy atom. The van der Waals surface area contributed by atoms with Gasteiger partial charge in [0, 0.05) is 38.4 Å². The molecule has 5 heteroatoms. The highest BCUT2D eigenvalue weighted by atomic mass is 15.1. The smallest absolute Gasteiger partial charge is 0.139 e. The van der Waals surface area contributed by atoms with Crippen molar-refractivity contribution in [3.8, 4) is 0 Å². The third-order valence-corrected chi connectivity index (χ3v) is 5.97. The van der Waals surface area contributed by atoms with Gasteiger partial charge in [0.2, 0.25) is 0 Å². The van der Waals surface area contributed by atoms with Gasteiger partial charge < -0.3 is 10.2 Å². The number of rotatable bonds is 6. The molecule has 0 unspecified atom stereocenters. The Labute approximate surface area is 193 Å². The van der Waals surface area contributed by atoms with E-state index in [0.29, 0.717) is 0 Å². The highest BCUT2D eigenvalue weighted by Gasteiger charge is 2.17. The number of benzene rings is 1. The van der Waals surface area contributed by atoms with Crippen molar-refractivity contribution >= 4 is 22.8 Å². The second-order valence-corrected chi connectivity index (χ2v) is 8.97. The molecule has 0 atom stereocenters. The van der Waals surface area contributed by atoms with Crippen molar-refractivity contribution in [3.05, 3.63) is 66.3 Å². The third-order valence-electron chi connectivity index (χ3n) is 5.97. The summed E-state index contributed by atoms with van der Waals surface area (Å²) in [5.74, 6) is 3.64. The van der Waals surface area contributed by atoms with Crippen molar-refractivity contribution in [2.24, 2.45) is 11.8 Å². The molecule has 170 valence electrons. The molecule has 3 aromatic rings. The van der Waals surface area contributed by atoms with E-state index in [1.807, 2.05) is 74.7 Å². The van der Waals surface area contributed by atoms with Crippen LogP contribution >= 0.6 is 0 Å². The van der Waals surface area contributed by atoms with Crippen LogP contribution in [-0.4, -0.2) is 42.1 Å². The van der Waals surface area contributed by atoms with Gasteiger partial charge in [-0.25, -0.2) is 9.97 Å². The van der Waals surface area contributed by atoms with Gasteiger partial charge in [-0.05, 0) is 68.0 Å². The van der Waals surface area contributed by atoms with Crippen LogP contribution in [0.3, 0.4) is 0 Å². The summed E-state index contributed by atoms with van der Waals surface area (Å²) in [5, 5.41) is 4.64. The van der Waals surface area contributed by atoms with E-state index in [1.165, 1.54) is 37.8 Å². The Morgan fingerprint density at radius 3 is 2.44 bits per heavy atom. The number of para-hydroxylation sites is 1. The lowest BCUT2D eigenvalue weighted by atomic mass is 9.83. The predicted molar refractivity (Wildman–Crippen MR) is 136 cm³/mol. The third kappa shape index (κ3) is 7.41. The summed E-state index contributed by atoms with van der Waals surface area (Å²) in [6.07, 6.45) is 13.6. The summed E-state index contributed by atoms with van der Waals surface area (Å²) in [4.78, 5) is 14.8. The van der Waals surface area contributed by atoms with Crippen LogP contribution in [0.5, 0.6) is 0 Å². The Morgan fingerprint density at radius 1 is 1.00 bits per heavy atom. The van der Waals surface area contributed by atoms with Crippen molar-refractivity contribution in [1.29, 1.82) is 0 Å². The maximum atomic E-state index is 4.42. The molecule has 4 rings (SSSR count). The number of hydrogen-bond acceptors (Lipinski definition) is 5. The summed E-state index contributed by atoms with van der Waals surface area (Å²) in [6, 6.07) is 12.1. The highest BCUT2D eigenvalue weighted by Crippen LogP contribution is 2.27. The number of hydrogen-bond donors (Lipinski definition) is 1. The van der Waals surface area contributed by atoms with Gasteiger partial charge >= 0.3 is 0 Å². The van der Waals surface area contributed by atoms with E-state index in [1.54, 1.807) is 0 Å². The van der Waals surface area contributed by atoms with E-state index in [9.17, 15) is 0 Å². The number of nitrogens with zero attached hydrogens (tertiary/aromatic N) is 4. The van der Waals surface area contributed by atoms with E-state index in [-0.39, 0.29) is 0 Å². The second kappa shape index (κ2) is 12.3. The molecule has 1 saturated carbocycles. The highest BCUT2D eigenvalue weighted by molar-refractivity contribution is 5.89. The van der Waals surface area contributed by atoms with E-state index in [2.05, 4.69) is 39.3 Å². The van der Waals surface area contributed by atoms with E-state index in [4.69, 9.17) is 0 Å². The van der Waals surface area contributed by atoms with Gasteiger partial charge in [0.05, 0.1) is 5.52 Å². The Bertz CT molecular complexity index is 976. The molecule has 1 aromatic carbocycles. The molecule has 1 N–H and O–H groups in total. The van der Waals surface area contributed by atoms with Crippen LogP contribution in [0.4, 0.5) is 5.82 Å². The molecule has 0 bridgehead atoms. The number of fused-ring (bicyclic) bond motifs is 1. The van der Waals surface area contributed by atoms with Gasteiger partial charge in [-0.3, -0.25) is 4.98 Å². The molecule has 5 nitrogen and oxygen atoms in total. The second-order valence-electron chi connectivity index (χ2n) is 8.97. The first kappa shape index (κ1) is 23.9. The van der Waals surface area contributed by atoms with Gasteiger partial charge in [0.25, 0.3) is 0 Å². The first-order valence-electron chi connectivity index (χ1n) is 11.7. The molecule has 2 heterocycles. The SMILES string of the molecule is CC1CCC(CNC/C=C/c2ccncc2)CC1.Cc1nc(N(C)C)c2ccccc2n1. The average molecular weight is 432 g/mol. The first-order valence-corrected chi connectivity index (χ1v) is 11.7. The minimum Gasteiger partial charge on any atom is -0.362 e. The Balaban J connectivity index is 0.000000186. The number of pyridine rings is 1. The van der Waals surface area contributed by atoms with Crippen molar-refractivity contribution in [2.45, 2.75) is 39.5 Å². The van der Waals surface area contributed by atoms with Crippen LogP contribution < -0.4 is 10.2 Å². The van der Waals surface area contributed by atoms with Crippen LogP contribution in [0.2, 0.25) is 0 Å². The quantitative estimate of drug-likeness (QED) is 0.521. The van der Waals surface area contributed by atoms with Crippen LogP contribution in [0, 0.1) is 18.8 Å². The Kier molecular flexibility index (Phi) is 9.17. The zero-order valence-corrected chi connectivity index (χ0v) is 20.0. The maximum absolute atomic E-state index is 4.42. The molecular weight excluding hydrogens is 394 g/mol. The zero-order chi connectivity index (χ0) is 22.8. The van der Waals surface area contributed by atoms with E-state index in [0.717, 1.165) is 40.9 Å². The van der Waals surface area contributed by atoms with Crippen molar-refractivity contribution < 1.29 is 0 Å². The van der Waals surface area contributed by atoms with Crippen LogP contribution in [-0.2, 0) is 0 Å². The molecule has 0 aliphatic heterocycles. The molecule has 0 amide bonds. The van der Waals surface area contributed by atoms with Crippen LogP contribution in [0.25, 0.3) is 17.0 Å². The zero-order valence-electron chi connectivity index (χ0n) is 20.0. The minimum absolute atomic E-state index is 0.812. The summed E-state index contributed by atoms with van der Waals surface area (Å²) >= 11 is 0. The normalized spacial score (nSPS) is 18.4. The predicted octanol–water partition coefficient (Wildman–Crippen LogP) is 5.51. The summed E-state index contributed by atoms with van der Waals surface area (Å²) in [6.45, 7) is 6.43. The van der Waals surface area contributed by atoms with Gasteiger partial charge in [-0.1, -0.05) is 44.1 Å². The lowest BCUT2D eigenvalue weighted by molar-refractivity contribution is 0.284. The molecule has 2 aromatic heterocycles. The lowest BCUT2D eigenvalue weighted by Gasteiger charge is -2.26. The van der Waals surface area contributed by atoms with Gasteiger partial charge in [0.15, 0.2) is 0 Å². The molecule has 1 fully saturated rings. The fourth-order valence-corrected chi connectivity index (χ4v) is 4.09. The molecular formula is C27H37N5. The fourth-order valence-electron chi connectivity index (χ4n) is 4.09. The Hall–Kier alpha value is -2.79. The van der Waals surface area contributed by atoms with Crippen molar-refractivity contribution in [2.75, 3.05) is 32.1 Å². The maximum Gasteiger partial charge on any atom is 0.139 e. The number of anilines is 1. The lowest BCUT2D eigenvalue weighted by Crippen LogP contribution is -2.26. The molecule has 0 spiro atoms. The molecule has 0 saturated heterocycles. The van der Waals surface area contributed by atoms with Gasteiger partial charge in [0.1, 0.15) is 11.6 Å². The van der Waals surface area contributed by atoms with Gasteiger partial charge in [-0.2, -0.15) is 0 Å². The minimum atomic E-state index is 0.812. The molecule has 32 heavy (non-hydrogen) atoms. The summed E-state index contributed by atoms with van der Waals surface area (Å²) in [5.41, 5.74) is 2.22. The average Bonchev–Trinajstić information content (AvgIpc) is 2.80. The molecule has 1 aliphatic carbocycles. The first-order chi connectivity index (χ1) is 15.5. The van der Waals surface area contributed by atoms with Crippen LogP contribution in [0.15, 0.2) is 54.9 Å². The largest absolute Gasteiger partial charge is 0.362 e.